The molecule has 0 spiro atoms. The second-order valence-electron chi connectivity index (χ2n) is 3.94. The van der Waals surface area contributed by atoms with E-state index in [0.29, 0.717) is 16.5 Å². The first-order valence-corrected chi connectivity index (χ1v) is 6.63. The maximum atomic E-state index is 13.4. The number of benzene rings is 2. The van der Waals surface area contributed by atoms with Crippen LogP contribution in [0.4, 0.5) is 8.78 Å². The topological polar surface area (TPSA) is 0 Å². The van der Waals surface area contributed by atoms with Crippen molar-refractivity contribution < 1.29 is 8.78 Å². The molecule has 2 aromatic carbocycles. The molecule has 0 heterocycles. The fourth-order valence-corrected chi connectivity index (χ4v) is 2.78. The molecule has 0 saturated carbocycles. The molecular formula is C14H10BrClF2. The van der Waals surface area contributed by atoms with Crippen LogP contribution in [0, 0.1) is 11.6 Å². The van der Waals surface area contributed by atoms with Crippen LogP contribution in [0.2, 0.25) is 0 Å². The monoisotopic (exact) mass is 330 g/mol. The second-order valence-corrected chi connectivity index (χ2v) is 5.26. The van der Waals surface area contributed by atoms with E-state index in [1.165, 1.54) is 18.2 Å². The molecule has 2 rings (SSSR count). The zero-order chi connectivity index (χ0) is 13.1. The Bertz CT molecular complexity index is 557. The maximum absolute atomic E-state index is 13.4. The van der Waals surface area contributed by atoms with E-state index in [1.54, 1.807) is 24.3 Å². The van der Waals surface area contributed by atoms with E-state index >= 15 is 0 Å². The molecule has 0 saturated heterocycles. The highest BCUT2D eigenvalue weighted by Crippen LogP contribution is 2.32. The number of hydrogen-bond acceptors (Lipinski definition) is 0. The van der Waals surface area contributed by atoms with Gasteiger partial charge in [0, 0.05) is 0 Å². The summed E-state index contributed by atoms with van der Waals surface area (Å²) in [6.07, 6.45) is 0.446. The summed E-state index contributed by atoms with van der Waals surface area (Å²) in [7, 11) is 0. The predicted molar refractivity (Wildman–Crippen MR) is 72.8 cm³/mol. The van der Waals surface area contributed by atoms with Gasteiger partial charge in [-0.1, -0.05) is 24.3 Å². The molecule has 0 radical (unpaired) electrons. The van der Waals surface area contributed by atoms with Crippen molar-refractivity contribution in [2.75, 3.05) is 0 Å². The minimum Gasteiger partial charge on any atom is -0.207 e. The molecule has 18 heavy (non-hydrogen) atoms. The summed E-state index contributed by atoms with van der Waals surface area (Å²) in [6, 6.07) is 11.0. The van der Waals surface area contributed by atoms with Gasteiger partial charge in [-0.25, -0.2) is 8.78 Å². The number of rotatable bonds is 3. The van der Waals surface area contributed by atoms with Gasteiger partial charge in [0.25, 0.3) is 0 Å². The van der Waals surface area contributed by atoms with Gasteiger partial charge in [-0.3, -0.25) is 0 Å². The first-order valence-electron chi connectivity index (χ1n) is 5.40. The molecule has 94 valence electrons. The molecule has 2 aromatic rings. The van der Waals surface area contributed by atoms with Crippen LogP contribution >= 0.6 is 27.5 Å². The highest BCUT2D eigenvalue weighted by Gasteiger charge is 2.14. The zero-order valence-electron chi connectivity index (χ0n) is 9.34. The molecule has 0 bridgehead atoms. The summed E-state index contributed by atoms with van der Waals surface area (Å²) in [6.45, 7) is 0. The molecule has 0 N–H and O–H groups in total. The van der Waals surface area contributed by atoms with Gasteiger partial charge < -0.3 is 0 Å². The van der Waals surface area contributed by atoms with E-state index < -0.39 is 5.38 Å². The van der Waals surface area contributed by atoms with Gasteiger partial charge in [0.1, 0.15) is 11.6 Å². The molecule has 4 heteroatoms. The number of halogens is 4. The Labute approximate surface area is 118 Å². The second kappa shape index (κ2) is 5.81. The Kier molecular flexibility index (Phi) is 4.36. The van der Waals surface area contributed by atoms with Crippen LogP contribution in [0.25, 0.3) is 0 Å². The highest BCUT2D eigenvalue weighted by molar-refractivity contribution is 9.10. The van der Waals surface area contributed by atoms with Crippen molar-refractivity contribution in [1.82, 2.24) is 0 Å². The van der Waals surface area contributed by atoms with Gasteiger partial charge in [-0.2, -0.15) is 0 Å². The molecule has 0 aromatic heterocycles. The minimum atomic E-state index is -0.406. The first-order chi connectivity index (χ1) is 8.58. The summed E-state index contributed by atoms with van der Waals surface area (Å²) >= 11 is 9.43. The van der Waals surface area contributed by atoms with Crippen LogP contribution in [0.5, 0.6) is 0 Å². The molecule has 1 atom stereocenters. The van der Waals surface area contributed by atoms with Crippen LogP contribution in [-0.2, 0) is 6.42 Å². The molecule has 0 nitrogen and oxygen atoms in total. The fraction of sp³-hybridized carbons (Fsp3) is 0.143. The SMILES string of the molecule is Fc1cccc(CC(Cl)c2cccc(F)c2Br)c1. The van der Waals surface area contributed by atoms with Gasteiger partial charge in [0.2, 0.25) is 0 Å². The number of hydrogen-bond donors (Lipinski definition) is 0. The molecule has 0 amide bonds. The van der Waals surface area contributed by atoms with E-state index in [2.05, 4.69) is 15.9 Å². The van der Waals surface area contributed by atoms with Crippen molar-refractivity contribution >= 4 is 27.5 Å². The smallest absolute Gasteiger partial charge is 0.137 e. The summed E-state index contributed by atoms with van der Waals surface area (Å²) in [4.78, 5) is 0. The minimum absolute atomic E-state index is 0.297. The molecule has 0 aliphatic rings. The van der Waals surface area contributed by atoms with Crippen molar-refractivity contribution in [2.24, 2.45) is 0 Å². The summed E-state index contributed by atoms with van der Waals surface area (Å²) < 4.78 is 26.8. The van der Waals surface area contributed by atoms with Crippen molar-refractivity contribution in [3.63, 3.8) is 0 Å². The third-order valence-electron chi connectivity index (χ3n) is 2.62. The average molecular weight is 332 g/mol. The van der Waals surface area contributed by atoms with Crippen LogP contribution in [0.3, 0.4) is 0 Å². The lowest BCUT2D eigenvalue weighted by molar-refractivity contribution is 0.616. The average Bonchev–Trinajstić information content (AvgIpc) is 2.32. The highest BCUT2D eigenvalue weighted by atomic mass is 79.9. The Balaban J connectivity index is 2.22. The van der Waals surface area contributed by atoms with Gasteiger partial charge in [0.15, 0.2) is 0 Å². The van der Waals surface area contributed by atoms with Gasteiger partial charge >= 0.3 is 0 Å². The van der Waals surface area contributed by atoms with Crippen LogP contribution < -0.4 is 0 Å². The third kappa shape index (κ3) is 3.09. The normalized spacial score (nSPS) is 12.4. The van der Waals surface area contributed by atoms with Crippen molar-refractivity contribution in [3.8, 4) is 0 Å². The molecular weight excluding hydrogens is 322 g/mol. The fourth-order valence-electron chi connectivity index (χ4n) is 1.74. The summed E-state index contributed by atoms with van der Waals surface area (Å²) in [5.74, 6) is -0.646. The lowest BCUT2D eigenvalue weighted by Gasteiger charge is -2.12. The van der Waals surface area contributed by atoms with E-state index in [1.807, 2.05) is 0 Å². The van der Waals surface area contributed by atoms with Gasteiger partial charge in [-0.15, -0.1) is 11.6 Å². The number of alkyl halides is 1. The molecule has 1 unspecified atom stereocenters. The van der Waals surface area contributed by atoms with E-state index in [9.17, 15) is 8.78 Å². The van der Waals surface area contributed by atoms with E-state index in [0.717, 1.165) is 5.56 Å². The Morgan fingerprint density at radius 3 is 2.56 bits per heavy atom. The lowest BCUT2D eigenvalue weighted by atomic mass is 10.0. The van der Waals surface area contributed by atoms with Crippen LogP contribution in [-0.4, -0.2) is 0 Å². The standard InChI is InChI=1S/C14H10BrClF2/c15-14-11(5-2-6-13(14)18)12(16)8-9-3-1-4-10(17)7-9/h1-7,12H,8H2. The zero-order valence-corrected chi connectivity index (χ0v) is 11.7. The lowest BCUT2D eigenvalue weighted by Crippen LogP contribution is -1.98. The third-order valence-corrected chi connectivity index (χ3v) is 3.85. The summed E-state index contributed by atoms with van der Waals surface area (Å²) in [5.41, 5.74) is 1.45. The Morgan fingerprint density at radius 2 is 1.83 bits per heavy atom. The first kappa shape index (κ1) is 13.5. The van der Waals surface area contributed by atoms with Crippen LogP contribution in [0.1, 0.15) is 16.5 Å². The Morgan fingerprint density at radius 1 is 1.11 bits per heavy atom. The van der Waals surface area contributed by atoms with Crippen molar-refractivity contribution in [3.05, 3.63) is 69.7 Å². The largest absolute Gasteiger partial charge is 0.207 e. The maximum Gasteiger partial charge on any atom is 0.137 e. The van der Waals surface area contributed by atoms with Gasteiger partial charge in [-0.05, 0) is 51.7 Å². The molecule has 0 fully saturated rings. The van der Waals surface area contributed by atoms with Crippen LogP contribution in [0.15, 0.2) is 46.9 Å². The van der Waals surface area contributed by atoms with Crippen molar-refractivity contribution in [2.45, 2.75) is 11.8 Å². The predicted octanol–water partition coefficient (Wildman–Crippen LogP) is 5.25. The van der Waals surface area contributed by atoms with E-state index in [-0.39, 0.29) is 11.6 Å². The molecule has 0 aliphatic carbocycles. The molecule has 0 aliphatic heterocycles. The Hall–Kier alpha value is -0.930. The van der Waals surface area contributed by atoms with Gasteiger partial charge in [0.05, 0.1) is 9.85 Å². The quantitative estimate of drug-likeness (QED) is 0.674. The van der Waals surface area contributed by atoms with E-state index in [4.69, 9.17) is 11.6 Å². The van der Waals surface area contributed by atoms with Crippen molar-refractivity contribution in [1.29, 1.82) is 0 Å². The summed E-state index contributed by atoms with van der Waals surface area (Å²) in [5, 5.41) is -0.406.